The molecule has 0 bridgehead atoms. The molecule has 7 rings (SSSR count). The Morgan fingerprint density at radius 1 is 0.656 bits per heavy atom. The Bertz CT molecular complexity index is 1550. The van der Waals surface area contributed by atoms with Crippen LogP contribution in [0.4, 0.5) is 0 Å². The van der Waals surface area contributed by atoms with E-state index in [2.05, 4.69) is 115 Å². The largest absolute Gasteiger partial charge is 0.135 e. The molecule has 1 heterocycles. The van der Waals surface area contributed by atoms with Crippen LogP contribution >= 0.6 is 11.3 Å². The highest BCUT2D eigenvalue weighted by molar-refractivity contribution is 7.25. The second-order valence-electron chi connectivity index (χ2n) is 8.87. The molecule has 0 aliphatic heterocycles. The molecule has 0 amide bonds. The van der Waals surface area contributed by atoms with Crippen LogP contribution in [0.2, 0.25) is 0 Å². The quantitative estimate of drug-likeness (QED) is 0.265. The summed E-state index contributed by atoms with van der Waals surface area (Å²) in [5, 5.41) is 2.75. The van der Waals surface area contributed by atoms with Crippen molar-refractivity contribution in [2.45, 2.75) is 11.8 Å². The summed E-state index contributed by atoms with van der Waals surface area (Å²) in [6.45, 7) is 0. The monoisotopic (exact) mass is 426 g/mol. The van der Waals surface area contributed by atoms with E-state index >= 15 is 0 Å². The Kier molecular flexibility index (Phi) is 3.86. The van der Waals surface area contributed by atoms with Gasteiger partial charge >= 0.3 is 0 Å². The lowest BCUT2D eigenvalue weighted by molar-refractivity contribution is 0.458. The molecule has 2 atom stereocenters. The number of benzene rings is 4. The number of fused-ring (bicyclic) bond motifs is 6. The lowest BCUT2D eigenvalue weighted by Gasteiger charge is -2.39. The molecule has 2 unspecified atom stereocenters. The van der Waals surface area contributed by atoms with Gasteiger partial charge in [-0.2, -0.15) is 0 Å². The van der Waals surface area contributed by atoms with Crippen LogP contribution in [-0.2, 0) is 5.41 Å². The van der Waals surface area contributed by atoms with Crippen molar-refractivity contribution in [2.24, 2.45) is 5.92 Å². The van der Waals surface area contributed by atoms with E-state index in [4.69, 9.17) is 0 Å². The zero-order chi connectivity index (χ0) is 21.1. The van der Waals surface area contributed by atoms with Crippen LogP contribution in [0, 0.1) is 5.92 Å². The molecule has 152 valence electrons. The summed E-state index contributed by atoms with van der Waals surface area (Å²) in [5.41, 5.74) is 6.86. The third-order valence-electron chi connectivity index (χ3n) is 7.35. The van der Waals surface area contributed by atoms with Crippen LogP contribution in [0.1, 0.15) is 23.1 Å². The molecule has 2 aliphatic rings. The van der Waals surface area contributed by atoms with Gasteiger partial charge in [-0.05, 0) is 58.4 Å². The topological polar surface area (TPSA) is 0 Å². The van der Waals surface area contributed by atoms with E-state index in [0.717, 1.165) is 6.42 Å². The van der Waals surface area contributed by atoms with E-state index in [0.29, 0.717) is 5.92 Å². The van der Waals surface area contributed by atoms with Crippen molar-refractivity contribution < 1.29 is 0 Å². The van der Waals surface area contributed by atoms with Crippen molar-refractivity contribution in [2.75, 3.05) is 0 Å². The molecule has 32 heavy (non-hydrogen) atoms. The Balaban J connectivity index is 1.65. The van der Waals surface area contributed by atoms with Gasteiger partial charge in [-0.1, -0.05) is 97.1 Å². The first kappa shape index (κ1) is 18.2. The highest BCUT2D eigenvalue weighted by Crippen LogP contribution is 2.59. The lowest BCUT2D eigenvalue weighted by Crippen LogP contribution is -2.35. The maximum Gasteiger partial charge on any atom is 0.0529 e. The molecule has 2 aliphatic carbocycles. The molecule has 0 fully saturated rings. The summed E-state index contributed by atoms with van der Waals surface area (Å²) in [6, 6.07) is 34.1. The van der Waals surface area contributed by atoms with Crippen molar-refractivity contribution in [3.05, 3.63) is 132 Å². The second kappa shape index (κ2) is 6.79. The molecular formula is C31H22S. The average Bonchev–Trinajstić information content (AvgIpc) is 3.37. The van der Waals surface area contributed by atoms with Gasteiger partial charge in [-0.15, -0.1) is 11.3 Å². The summed E-state index contributed by atoms with van der Waals surface area (Å²) in [6.07, 6.45) is 10.2. The van der Waals surface area contributed by atoms with Crippen molar-refractivity contribution in [3.63, 3.8) is 0 Å². The van der Waals surface area contributed by atoms with Crippen molar-refractivity contribution in [1.82, 2.24) is 0 Å². The average molecular weight is 427 g/mol. The van der Waals surface area contributed by atoms with Crippen LogP contribution in [0.15, 0.2) is 115 Å². The first-order chi connectivity index (χ1) is 15.9. The third-order valence-corrected chi connectivity index (χ3v) is 8.48. The minimum absolute atomic E-state index is 0.189. The van der Waals surface area contributed by atoms with E-state index in [1.165, 1.54) is 48.0 Å². The fraction of sp³-hybridized carbons (Fsp3) is 0.0968. The van der Waals surface area contributed by atoms with Gasteiger partial charge in [0.15, 0.2) is 0 Å². The maximum absolute atomic E-state index is 2.52. The van der Waals surface area contributed by atoms with Crippen molar-refractivity contribution in [1.29, 1.82) is 0 Å². The molecule has 1 aromatic heterocycles. The number of thiophene rings is 1. The molecule has 4 aromatic carbocycles. The predicted octanol–water partition coefficient (Wildman–Crippen LogP) is 8.50. The Morgan fingerprint density at radius 3 is 2.34 bits per heavy atom. The van der Waals surface area contributed by atoms with Gasteiger partial charge in [0, 0.05) is 20.2 Å². The van der Waals surface area contributed by atoms with Crippen LogP contribution < -0.4 is 0 Å². The fourth-order valence-corrected chi connectivity index (χ4v) is 7.18. The van der Waals surface area contributed by atoms with Gasteiger partial charge in [0.2, 0.25) is 0 Å². The summed E-state index contributed by atoms with van der Waals surface area (Å²) >= 11 is 1.91. The van der Waals surface area contributed by atoms with E-state index in [-0.39, 0.29) is 5.41 Å². The Hall–Kier alpha value is -3.42. The lowest BCUT2D eigenvalue weighted by atomic mass is 9.62. The number of rotatable bonds is 2. The smallest absolute Gasteiger partial charge is 0.0529 e. The summed E-state index contributed by atoms with van der Waals surface area (Å²) < 4.78 is 2.74. The van der Waals surface area contributed by atoms with Gasteiger partial charge in [0.1, 0.15) is 0 Å². The van der Waals surface area contributed by atoms with Crippen molar-refractivity contribution in [3.8, 4) is 11.1 Å². The Morgan fingerprint density at radius 2 is 1.47 bits per heavy atom. The summed E-state index contributed by atoms with van der Waals surface area (Å²) in [4.78, 5) is 0. The normalized spacial score (nSPS) is 21.2. The van der Waals surface area contributed by atoms with Gasteiger partial charge in [0.05, 0.1) is 5.41 Å². The number of hydrogen-bond donors (Lipinski definition) is 0. The molecule has 0 saturated carbocycles. The minimum atomic E-state index is -0.189. The molecule has 0 spiro atoms. The first-order valence-electron chi connectivity index (χ1n) is 11.3. The van der Waals surface area contributed by atoms with E-state index < -0.39 is 0 Å². The zero-order valence-electron chi connectivity index (χ0n) is 17.7. The number of hydrogen-bond acceptors (Lipinski definition) is 1. The van der Waals surface area contributed by atoms with Crippen LogP contribution in [0.25, 0.3) is 31.3 Å². The van der Waals surface area contributed by atoms with Gasteiger partial charge in [-0.3, -0.25) is 0 Å². The van der Waals surface area contributed by atoms with Gasteiger partial charge < -0.3 is 0 Å². The summed E-state index contributed by atoms with van der Waals surface area (Å²) in [7, 11) is 0. The third kappa shape index (κ3) is 2.32. The molecule has 0 saturated heterocycles. The molecule has 5 aromatic rings. The van der Waals surface area contributed by atoms with Crippen molar-refractivity contribution >= 4 is 31.5 Å². The predicted molar refractivity (Wildman–Crippen MR) is 137 cm³/mol. The van der Waals surface area contributed by atoms with Crippen LogP contribution in [0.3, 0.4) is 0 Å². The van der Waals surface area contributed by atoms with Crippen LogP contribution in [0.5, 0.6) is 0 Å². The molecular weight excluding hydrogens is 404 g/mol. The minimum Gasteiger partial charge on any atom is -0.135 e. The first-order valence-corrected chi connectivity index (χ1v) is 12.1. The second-order valence-corrected chi connectivity index (χ2v) is 9.95. The van der Waals surface area contributed by atoms with Gasteiger partial charge in [-0.25, -0.2) is 0 Å². The molecule has 1 heteroatoms. The fourth-order valence-electron chi connectivity index (χ4n) is 6.05. The highest BCUT2D eigenvalue weighted by atomic mass is 32.1. The van der Waals surface area contributed by atoms with Gasteiger partial charge in [0.25, 0.3) is 0 Å². The SMILES string of the molecule is C1=CCC(C2(c3ccccc3)c3ccccc3-c3cc4sc5ccccc5c4cc32)C=C1. The maximum atomic E-state index is 2.52. The molecule has 0 nitrogen and oxygen atoms in total. The van der Waals surface area contributed by atoms with Crippen LogP contribution in [-0.4, -0.2) is 0 Å². The number of allylic oxidation sites excluding steroid dienone is 4. The van der Waals surface area contributed by atoms with E-state index in [1.807, 2.05) is 11.3 Å². The standard InChI is InChI=1S/C31H22S/c1-3-11-21(12-4-1)31(22-13-5-2-6-14-22)27-17-9-7-15-23(27)25-20-30-26(19-28(25)31)24-16-8-10-18-29(24)32-30/h1-13,15-20,22H,14H2. The molecule has 0 radical (unpaired) electrons. The highest BCUT2D eigenvalue weighted by Gasteiger charge is 2.49. The van der Waals surface area contributed by atoms with E-state index in [9.17, 15) is 0 Å². The Labute approximate surface area is 192 Å². The zero-order valence-corrected chi connectivity index (χ0v) is 18.5. The van der Waals surface area contributed by atoms with E-state index in [1.54, 1.807) is 0 Å². The summed E-state index contributed by atoms with van der Waals surface area (Å²) in [5.74, 6) is 0.375. The molecule has 0 N–H and O–H groups in total.